The number of aromatic nitrogens is 1. The summed E-state index contributed by atoms with van der Waals surface area (Å²) < 4.78 is 0. The van der Waals surface area contributed by atoms with Gasteiger partial charge in [-0.15, -0.1) is 0 Å². The van der Waals surface area contributed by atoms with Gasteiger partial charge in [0.25, 0.3) is 0 Å². The summed E-state index contributed by atoms with van der Waals surface area (Å²) >= 11 is 0. The van der Waals surface area contributed by atoms with Gasteiger partial charge in [0, 0.05) is 6.20 Å². The lowest BCUT2D eigenvalue weighted by atomic mass is 9.80. The molecular formula is C20H19NO. The predicted octanol–water partition coefficient (Wildman–Crippen LogP) is 3.98. The van der Waals surface area contributed by atoms with Crippen LogP contribution in [0.4, 0.5) is 0 Å². The van der Waals surface area contributed by atoms with Crippen molar-refractivity contribution < 1.29 is 5.11 Å². The van der Waals surface area contributed by atoms with Crippen molar-refractivity contribution >= 4 is 0 Å². The lowest BCUT2D eigenvalue weighted by Crippen LogP contribution is -2.31. The summed E-state index contributed by atoms with van der Waals surface area (Å²) in [5.74, 6) is 0. The van der Waals surface area contributed by atoms with Crippen molar-refractivity contribution in [3.05, 3.63) is 101 Å². The molecule has 110 valence electrons. The minimum absolute atomic E-state index is 0.634. The van der Waals surface area contributed by atoms with E-state index in [0.29, 0.717) is 5.69 Å². The number of aliphatic hydroxyl groups is 1. The zero-order chi connectivity index (χ0) is 15.6. The maximum atomic E-state index is 11.7. The third-order valence-corrected chi connectivity index (χ3v) is 4.22. The second-order valence-electron chi connectivity index (χ2n) is 5.54. The Morgan fingerprint density at radius 2 is 1.55 bits per heavy atom. The van der Waals surface area contributed by atoms with Crippen molar-refractivity contribution in [3.8, 4) is 0 Å². The Hall–Kier alpha value is -2.45. The number of hydrogen-bond acceptors (Lipinski definition) is 2. The third kappa shape index (κ3) is 2.32. The molecule has 1 N–H and O–H groups in total. The molecule has 0 aliphatic heterocycles. The zero-order valence-electron chi connectivity index (χ0n) is 12.8. The van der Waals surface area contributed by atoms with Gasteiger partial charge in [0.15, 0.2) is 5.60 Å². The van der Waals surface area contributed by atoms with Gasteiger partial charge in [-0.05, 0) is 48.2 Å². The molecule has 3 rings (SSSR count). The molecule has 0 aliphatic rings. The monoisotopic (exact) mass is 289 g/mol. The molecule has 1 unspecified atom stereocenters. The summed E-state index contributed by atoms with van der Waals surface area (Å²) in [6.07, 6.45) is 1.72. The highest BCUT2D eigenvalue weighted by atomic mass is 16.3. The van der Waals surface area contributed by atoms with Gasteiger partial charge >= 0.3 is 0 Å². The minimum Gasteiger partial charge on any atom is -0.374 e. The highest BCUT2D eigenvalue weighted by molar-refractivity contribution is 5.49. The van der Waals surface area contributed by atoms with E-state index in [0.717, 1.165) is 22.3 Å². The first kappa shape index (κ1) is 14.5. The molecule has 0 bridgehead atoms. The van der Waals surface area contributed by atoms with Gasteiger partial charge in [0.05, 0.1) is 5.69 Å². The largest absolute Gasteiger partial charge is 0.374 e. The molecule has 3 aromatic rings. The highest BCUT2D eigenvalue weighted by Gasteiger charge is 2.36. The van der Waals surface area contributed by atoms with Gasteiger partial charge in [-0.2, -0.15) is 0 Å². The average Bonchev–Trinajstić information content (AvgIpc) is 2.58. The van der Waals surface area contributed by atoms with Crippen LogP contribution >= 0.6 is 0 Å². The summed E-state index contributed by atoms with van der Waals surface area (Å²) in [6.45, 7) is 4.10. The van der Waals surface area contributed by atoms with Crippen molar-refractivity contribution in [2.45, 2.75) is 19.4 Å². The number of pyridine rings is 1. The molecule has 0 amide bonds. The Kier molecular flexibility index (Phi) is 3.78. The first-order valence-corrected chi connectivity index (χ1v) is 7.40. The van der Waals surface area contributed by atoms with E-state index >= 15 is 0 Å². The smallest absolute Gasteiger partial charge is 0.157 e. The topological polar surface area (TPSA) is 33.1 Å². The van der Waals surface area contributed by atoms with Crippen LogP contribution in [-0.4, -0.2) is 10.1 Å². The lowest BCUT2D eigenvalue weighted by molar-refractivity contribution is 0.120. The minimum atomic E-state index is -1.25. The van der Waals surface area contributed by atoms with E-state index in [1.54, 1.807) is 6.20 Å². The second-order valence-corrected chi connectivity index (χ2v) is 5.54. The van der Waals surface area contributed by atoms with Crippen molar-refractivity contribution in [1.29, 1.82) is 0 Å². The van der Waals surface area contributed by atoms with Crippen molar-refractivity contribution in [3.63, 3.8) is 0 Å². The van der Waals surface area contributed by atoms with Crippen molar-refractivity contribution in [1.82, 2.24) is 4.98 Å². The van der Waals surface area contributed by atoms with Gasteiger partial charge in [0.2, 0.25) is 0 Å². The van der Waals surface area contributed by atoms with E-state index in [4.69, 9.17) is 0 Å². The van der Waals surface area contributed by atoms with Crippen LogP contribution in [0.2, 0.25) is 0 Å². The Bertz CT molecular complexity index is 727. The molecule has 0 fully saturated rings. The van der Waals surface area contributed by atoms with Crippen LogP contribution in [0.25, 0.3) is 0 Å². The number of hydrogen-bond donors (Lipinski definition) is 1. The summed E-state index contributed by atoms with van der Waals surface area (Å²) in [6, 6.07) is 21.4. The molecule has 0 radical (unpaired) electrons. The summed E-state index contributed by atoms with van der Waals surface area (Å²) in [4.78, 5) is 4.42. The SMILES string of the molecule is Cc1cccc(C(O)(c2ccccc2)c2ccccn2)c1C. The van der Waals surface area contributed by atoms with Crippen LogP contribution in [-0.2, 0) is 5.60 Å². The van der Waals surface area contributed by atoms with Gasteiger partial charge in [-0.3, -0.25) is 4.98 Å². The third-order valence-electron chi connectivity index (χ3n) is 4.22. The van der Waals surface area contributed by atoms with E-state index in [-0.39, 0.29) is 0 Å². The first-order valence-electron chi connectivity index (χ1n) is 7.40. The van der Waals surface area contributed by atoms with E-state index < -0.39 is 5.60 Å². The lowest BCUT2D eigenvalue weighted by Gasteiger charge is -2.30. The molecule has 0 spiro atoms. The Morgan fingerprint density at radius 1 is 0.818 bits per heavy atom. The Balaban J connectivity index is 2.31. The molecular weight excluding hydrogens is 270 g/mol. The number of rotatable bonds is 3. The Morgan fingerprint density at radius 3 is 2.23 bits per heavy atom. The molecule has 0 saturated heterocycles. The molecule has 1 atom stereocenters. The maximum absolute atomic E-state index is 11.7. The fourth-order valence-electron chi connectivity index (χ4n) is 2.84. The summed E-state index contributed by atoms with van der Waals surface area (Å²) in [5, 5.41) is 11.7. The number of aryl methyl sites for hydroxylation is 1. The van der Waals surface area contributed by atoms with Crippen molar-refractivity contribution in [2.24, 2.45) is 0 Å². The van der Waals surface area contributed by atoms with Gasteiger partial charge in [-0.1, -0.05) is 54.6 Å². The standard InChI is InChI=1S/C20H19NO/c1-15-9-8-12-18(16(15)2)20(22,17-10-4-3-5-11-17)19-13-6-7-14-21-19/h3-14,22H,1-2H3. The van der Waals surface area contributed by atoms with E-state index in [9.17, 15) is 5.11 Å². The molecule has 2 heteroatoms. The molecule has 2 aromatic carbocycles. The van der Waals surface area contributed by atoms with Gasteiger partial charge < -0.3 is 5.11 Å². The molecule has 2 nitrogen and oxygen atoms in total. The quantitative estimate of drug-likeness (QED) is 0.791. The normalized spacial score (nSPS) is 13.6. The number of benzene rings is 2. The highest BCUT2D eigenvalue weighted by Crippen LogP contribution is 2.37. The van der Waals surface area contributed by atoms with E-state index in [1.165, 1.54) is 0 Å². The van der Waals surface area contributed by atoms with Crippen LogP contribution in [0, 0.1) is 13.8 Å². The first-order chi connectivity index (χ1) is 10.6. The zero-order valence-corrected chi connectivity index (χ0v) is 12.8. The van der Waals surface area contributed by atoms with E-state index in [1.807, 2.05) is 67.6 Å². The van der Waals surface area contributed by atoms with Gasteiger partial charge in [0.1, 0.15) is 0 Å². The van der Waals surface area contributed by atoms with Crippen LogP contribution in [0.5, 0.6) is 0 Å². The van der Waals surface area contributed by atoms with E-state index in [2.05, 4.69) is 18.0 Å². The summed E-state index contributed by atoms with van der Waals surface area (Å²) in [5.41, 5.74) is 3.32. The fraction of sp³-hybridized carbons (Fsp3) is 0.150. The fourth-order valence-corrected chi connectivity index (χ4v) is 2.84. The maximum Gasteiger partial charge on any atom is 0.157 e. The van der Waals surface area contributed by atoms with Gasteiger partial charge in [-0.25, -0.2) is 0 Å². The Labute approximate surface area is 131 Å². The van der Waals surface area contributed by atoms with Crippen molar-refractivity contribution in [2.75, 3.05) is 0 Å². The van der Waals surface area contributed by atoms with Crippen LogP contribution < -0.4 is 0 Å². The average molecular weight is 289 g/mol. The molecule has 22 heavy (non-hydrogen) atoms. The predicted molar refractivity (Wildman–Crippen MR) is 88.7 cm³/mol. The molecule has 0 aliphatic carbocycles. The number of nitrogens with zero attached hydrogens (tertiary/aromatic N) is 1. The van der Waals surface area contributed by atoms with Crippen LogP contribution in [0.1, 0.15) is 27.9 Å². The molecule has 0 saturated carbocycles. The van der Waals surface area contributed by atoms with Crippen LogP contribution in [0.3, 0.4) is 0 Å². The second kappa shape index (κ2) is 5.74. The molecule has 1 heterocycles. The molecule has 1 aromatic heterocycles. The summed E-state index contributed by atoms with van der Waals surface area (Å²) in [7, 11) is 0. The van der Waals surface area contributed by atoms with Crippen LogP contribution in [0.15, 0.2) is 72.9 Å².